The molecule has 0 radical (unpaired) electrons. The van der Waals surface area contributed by atoms with Crippen LogP contribution in [0.25, 0.3) is 5.57 Å². The van der Waals surface area contributed by atoms with E-state index in [2.05, 4.69) is 6.07 Å². The molecule has 1 aromatic rings. The predicted molar refractivity (Wildman–Crippen MR) is 57.2 cm³/mol. The molecule has 3 heteroatoms. The summed E-state index contributed by atoms with van der Waals surface area (Å²) in [6, 6.07) is 7.39. The summed E-state index contributed by atoms with van der Waals surface area (Å²) in [5.74, 6) is -0.980. The molecule has 0 atom stereocenters. The molecule has 0 aliphatic rings. The van der Waals surface area contributed by atoms with Gasteiger partial charge in [-0.15, -0.1) is 0 Å². The molecule has 1 aromatic carbocycles. The minimum atomic E-state index is -0.980. The van der Waals surface area contributed by atoms with Crippen molar-refractivity contribution in [1.82, 2.24) is 0 Å². The van der Waals surface area contributed by atoms with Crippen molar-refractivity contribution in [3.05, 3.63) is 41.0 Å². The highest BCUT2D eigenvalue weighted by Gasteiger charge is 2.02. The maximum absolute atomic E-state index is 10.5. The highest BCUT2D eigenvalue weighted by molar-refractivity contribution is 5.89. The van der Waals surface area contributed by atoms with Crippen LogP contribution in [0.1, 0.15) is 23.6 Å². The number of nitriles is 1. The van der Waals surface area contributed by atoms with Crippen molar-refractivity contribution in [1.29, 1.82) is 5.26 Å². The average Bonchev–Trinajstić information content (AvgIpc) is 2.17. The molecule has 0 bridgehead atoms. The van der Waals surface area contributed by atoms with Crippen LogP contribution in [0.2, 0.25) is 0 Å². The normalized spacial score (nSPS) is 10.9. The lowest BCUT2D eigenvalue weighted by atomic mass is 10.0. The minimum Gasteiger partial charge on any atom is -0.478 e. The third-order valence-electron chi connectivity index (χ3n) is 2.15. The van der Waals surface area contributed by atoms with E-state index in [1.807, 2.05) is 19.1 Å². The number of nitrogens with zero attached hydrogens (tertiary/aromatic N) is 1. The minimum absolute atomic E-state index is 0.575. The van der Waals surface area contributed by atoms with Gasteiger partial charge in [-0.2, -0.15) is 5.26 Å². The highest BCUT2D eigenvalue weighted by atomic mass is 16.4. The number of carbonyl (C=O) groups is 1. The first-order valence-electron chi connectivity index (χ1n) is 4.47. The number of hydrogen-bond acceptors (Lipinski definition) is 2. The Bertz CT molecular complexity index is 467. The van der Waals surface area contributed by atoms with E-state index < -0.39 is 5.97 Å². The van der Waals surface area contributed by atoms with Gasteiger partial charge in [-0.3, -0.25) is 0 Å². The summed E-state index contributed by atoms with van der Waals surface area (Å²) >= 11 is 0. The number of allylic oxidation sites excluding steroid dienone is 1. The van der Waals surface area contributed by atoms with Gasteiger partial charge in [-0.1, -0.05) is 12.1 Å². The van der Waals surface area contributed by atoms with E-state index in [1.165, 1.54) is 0 Å². The van der Waals surface area contributed by atoms with Crippen LogP contribution in [0.4, 0.5) is 0 Å². The molecule has 0 aliphatic heterocycles. The fourth-order valence-electron chi connectivity index (χ4n) is 1.26. The molecule has 76 valence electrons. The molecule has 0 heterocycles. The Morgan fingerprint density at radius 3 is 2.73 bits per heavy atom. The maximum Gasteiger partial charge on any atom is 0.328 e. The van der Waals surface area contributed by atoms with E-state index in [9.17, 15) is 4.79 Å². The van der Waals surface area contributed by atoms with Gasteiger partial charge in [0.25, 0.3) is 0 Å². The number of benzene rings is 1. The van der Waals surface area contributed by atoms with Crippen molar-refractivity contribution in [2.75, 3.05) is 0 Å². The molecule has 15 heavy (non-hydrogen) atoms. The smallest absolute Gasteiger partial charge is 0.328 e. The standard InChI is InChI=1S/C12H11NO2/c1-8-3-4-10(6-11(8)7-13)9(2)5-12(14)15/h3-6H,1-2H3,(H,14,15)/b9-5+. The van der Waals surface area contributed by atoms with Crippen molar-refractivity contribution in [2.45, 2.75) is 13.8 Å². The Hall–Kier alpha value is -2.08. The number of carboxylic acids is 1. The van der Waals surface area contributed by atoms with Crippen LogP contribution in [-0.2, 0) is 4.79 Å². The van der Waals surface area contributed by atoms with Crippen LogP contribution in [0.15, 0.2) is 24.3 Å². The Morgan fingerprint density at radius 1 is 1.53 bits per heavy atom. The first-order valence-corrected chi connectivity index (χ1v) is 4.47. The van der Waals surface area contributed by atoms with E-state index in [1.54, 1.807) is 13.0 Å². The fraction of sp³-hybridized carbons (Fsp3) is 0.167. The van der Waals surface area contributed by atoms with Crippen molar-refractivity contribution >= 4 is 11.5 Å². The second kappa shape index (κ2) is 4.43. The highest BCUT2D eigenvalue weighted by Crippen LogP contribution is 2.17. The lowest BCUT2D eigenvalue weighted by Crippen LogP contribution is -1.91. The van der Waals surface area contributed by atoms with Crippen LogP contribution in [0.5, 0.6) is 0 Å². The van der Waals surface area contributed by atoms with E-state index >= 15 is 0 Å². The molecule has 3 nitrogen and oxygen atoms in total. The van der Waals surface area contributed by atoms with Gasteiger partial charge in [-0.25, -0.2) is 4.79 Å². The van der Waals surface area contributed by atoms with Crippen LogP contribution in [0.3, 0.4) is 0 Å². The lowest BCUT2D eigenvalue weighted by molar-refractivity contribution is -0.131. The molecule has 0 spiro atoms. The zero-order valence-corrected chi connectivity index (χ0v) is 8.61. The number of carboxylic acid groups (broad SMARTS) is 1. The van der Waals surface area contributed by atoms with Gasteiger partial charge in [0.2, 0.25) is 0 Å². The first kappa shape index (κ1) is 11.0. The first-order chi connectivity index (χ1) is 7.04. The summed E-state index contributed by atoms with van der Waals surface area (Å²) in [5, 5.41) is 17.4. The van der Waals surface area contributed by atoms with Crippen molar-refractivity contribution in [3.63, 3.8) is 0 Å². The number of hydrogen-bond donors (Lipinski definition) is 1. The summed E-state index contributed by atoms with van der Waals surface area (Å²) in [6.07, 6.45) is 1.13. The zero-order chi connectivity index (χ0) is 11.4. The van der Waals surface area contributed by atoms with Crippen molar-refractivity contribution in [2.24, 2.45) is 0 Å². The largest absolute Gasteiger partial charge is 0.478 e. The van der Waals surface area contributed by atoms with Crippen molar-refractivity contribution in [3.8, 4) is 6.07 Å². The van der Waals surface area contributed by atoms with E-state index in [4.69, 9.17) is 10.4 Å². The lowest BCUT2D eigenvalue weighted by Gasteiger charge is -2.03. The maximum atomic E-state index is 10.5. The van der Waals surface area contributed by atoms with Crippen molar-refractivity contribution < 1.29 is 9.90 Å². The van der Waals surface area contributed by atoms with Crippen LogP contribution < -0.4 is 0 Å². The fourth-order valence-corrected chi connectivity index (χ4v) is 1.26. The molecule has 0 aromatic heterocycles. The molecule has 0 amide bonds. The molecule has 0 fully saturated rings. The molecule has 0 unspecified atom stereocenters. The summed E-state index contributed by atoms with van der Waals surface area (Å²) in [5.41, 5.74) is 2.87. The second-order valence-electron chi connectivity index (χ2n) is 3.31. The summed E-state index contributed by atoms with van der Waals surface area (Å²) in [4.78, 5) is 10.5. The summed E-state index contributed by atoms with van der Waals surface area (Å²) in [7, 11) is 0. The van der Waals surface area contributed by atoms with Gasteiger partial charge in [0.05, 0.1) is 11.6 Å². The van der Waals surface area contributed by atoms with E-state index in [0.29, 0.717) is 11.1 Å². The Kier molecular flexibility index (Phi) is 3.25. The number of aryl methyl sites for hydroxylation is 1. The molecule has 0 saturated carbocycles. The van der Waals surface area contributed by atoms with Gasteiger partial charge in [0.1, 0.15) is 0 Å². The molecule has 1 rings (SSSR count). The Balaban J connectivity index is 3.18. The molecular weight excluding hydrogens is 190 g/mol. The summed E-state index contributed by atoms with van der Waals surface area (Å²) < 4.78 is 0. The van der Waals surface area contributed by atoms with Gasteiger partial charge >= 0.3 is 5.97 Å². The van der Waals surface area contributed by atoms with Crippen LogP contribution in [-0.4, -0.2) is 11.1 Å². The third-order valence-corrected chi connectivity index (χ3v) is 2.15. The Labute approximate surface area is 88.3 Å². The predicted octanol–water partition coefficient (Wildman–Crippen LogP) is 2.35. The summed E-state index contributed by atoms with van der Waals surface area (Å²) in [6.45, 7) is 3.55. The van der Waals surface area contributed by atoms with Gasteiger partial charge < -0.3 is 5.11 Å². The molecule has 0 saturated heterocycles. The van der Waals surface area contributed by atoms with Crippen LogP contribution >= 0.6 is 0 Å². The number of rotatable bonds is 2. The van der Waals surface area contributed by atoms with Gasteiger partial charge in [0, 0.05) is 6.08 Å². The zero-order valence-electron chi connectivity index (χ0n) is 8.61. The quantitative estimate of drug-likeness (QED) is 0.747. The average molecular weight is 201 g/mol. The molecule has 0 aliphatic carbocycles. The van der Waals surface area contributed by atoms with Gasteiger partial charge in [0.15, 0.2) is 0 Å². The van der Waals surface area contributed by atoms with Gasteiger partial charge in [-0.05, 0) is 36.6 Å². The second-order valence-corrected chi connectivity index (χ2v) is 3.31. The molecular formula is C12H11NO2. The number of aliphatic carboxylic acids is 1. The van der Waals surface area contributed by atoms with Crippen LogP contribution in [0, 0.1) is 18.3 Å². The van der Waals surface area contributed by atoms with E-state index in [0.717, 1.165) is 17.2 Å². The van der Waals surface area contributed by atoms with E-state index in [-0.39, 0.29) is 0 Å². The third kappa shape index (κ3) is 2.68. The topological polar surface area (TPSA) is 61.1 Å². The SMILES string of the molecule is C/C(=C\C(=O)O)c1ccc(C)c(C#N)c1. The monoisotopic (exact) mass is 201 g/mol. The Morgan fingerprint density at radius 2 is 2.20 bits per heavy atom. The molecule has 1 N–H and O–H groups in total.